The van der Waals surface area contributed by atoms with E-state index in [9.17, 15) is 4.39 Å². The smallest absolute Gasteiger partial charge is 0.123 e. The molecule has 243 valence electrons. The number of furan rings is 1. The number of halogens is 1. The van der Waals surface area contributed by atoms with Crippen molar-refractivity contribution in [1.82, 2.24) is 9.97 Å². The first-order chi connectivity index (χ1) is 23.4. The van der Waals surface area contributed by atoms with Crippen molar-refractivity contribution in [2.24, 2.45) is 0 Å². The normalized spacial score (nSPS) is 10.8. The molecule has 3 nitrogen and oxygen atoms in total. The Bertz CT molecular complexity index is 2350. The van der Waals surface area contributed by atoms with Gasteiger partial charge in [-0.3, -0.25) is 0 Å². The van der Waals surface area contributed by atoms with Gasteiger partial charge in [0.1, 0.15) is 11.4 Å². The van der Waals surface area contributed by atoms with Crippen molar-refractivity contribution in [3.8, 4) is 33.6 Å². The fraction of sp³-hybridized carbons (Fsp3) is 0.0909. The van der Waals surface area contributed by atoms with E-state index in [0.29, 0.717) is 0 Å². The van der Waals surface area contributed by atoms with Gasteiger partial charge in [0, 0.05) is 37.9 Å². The SMILES string of the molecule is Cc1ccc(-c2[c-]ccc3c2oc2cc(C)ccc23)nc1.Cc1cnc(-c2[c-]ccc(-c3ccc(F)cc3)c2)cc1Cc1ccccc1.[Ir]. The summed E-state index contributed by atoms with van der Waals surface area (Å²) in [4.78, 5) is 9.10. The molecule has 0 N–H and O–H groups in total. The second kappa shape index (κ2) is 14.9. The maximum Gasteiger partial charge on any atom is 0.123 e. The van der Waals surface area contributed by atoms with Crippen molar-refractivity contribution in [3.05, 3.63) is 179 Å². The van der Waals surface area contributed by atoms with Crippen LogP contribution < -0.4 is 0 Å². The van der Waals surface area contributed by atoms with E-state index in [1.54, 1.807) is 12.1 Å². The van der Waals surface area contributed by atoms with Crippen LogP contribution in [0.4, 0.5) is 4.39 Å². The summed E-state index contributed by atoms with van der Waals surface area (Å²) < 4.78 is 19.3. The molecular formula is C44H33FIrN2O-2. The molecule has 0 aliphatic carbocycles. The Balaban J connectivity index is 0.000000171. The average Bonchev–Trinajstić information content (AvgIpc) is 3.48. The quantitative estimate of drug-likeness (QED) is 0.162. The Kier molecular flexibility index (Phi) is 10.2. The van der Waals surface area contributed by atoms with E-state index in [4.69, 9.17) is 4.42 Å². The predicted octanol–water partition coefficient (Wildman–Crippen LogP) is 11.3. The number of nitrogens with zero attached hydrogens (tertiary/aromatic N) is 2. The maximum absolute atomic E-state index is 13.2. The van der Waals surface area contributed by atoms with Gasteiger partial charge in [-0.1, -0.05) is 83.7 Å². The Morgan fingerprint density at radius 2 is 1.41 bits per heavy atom. The third kappa shape index (κ3) is 7.60. The first-order valence-corrected chi connectivity index (χ1v) is 16.0. The first-order valence-electron chi connectivity index (χ1n) is 16.0. The molecule has 0 fully saturated rings. The molecule has 0 amide bonds. The zero-order valence-electron chi connectivity index (χ0n) is 27.4. The van der Waals surface area contributed by atoms with Gasteiger partial charge < -0.3 is 14.4 Å². The molecule has 0 saturated carbocycles. The van der Waals surface area contributed by atoms with Crippen molar-refractivity contribution in [2.45, 2.75) is 27.2 Å². The molecule has 0 atom stereocenters. The summed E-state index contributed by atoms with van der Waals surface area (Å²) in [6.45, 7) is 6.19. The Hall–Kier alpha value is -5.22. The summed E-state index contributed by atoms with van der Waals surface area (Å²) in [5.41, 5.74) is 13.5. The summed E-state index contributed by atoms with van der Waals surface area (Å²) in [5, 5.41) is 2.25. The van der Waals surface area contributed by atoms with Crippen molar-refractivity contribution in [3.63, 3.8) is 0 Å². The van der Waals surface area contributed by atoms with Crippen LogP contribution in [0.1, 0.15) is 27.8 Å². The zero-order chi connectivity index (χ0) is 33.0. The Morgan fingerprint density at radius 1 is 0.653 bits per heavy atom. The van der Waals surface area contributed by atoms with Gasteiger partial charge >= 0.3 is 0 Å². The number of hydrogen-bond acceptors (Lipinski definition) is 3. The topological polar surface area (TPSA) is 38.9 Å². The van der Waals surface area contributed by atoms with E-state index in [1.165, 1.54) is 34.4 Å². The van der Waals surface area contributed by atoms with Crippen LogP contribution in [0, 0.1) is 38.7 Å². The number of rotatable bonds is 5. The van der Waals surface area contributed by atoms with E-state index >= 15 is 0 Å². The molecule has 0 aliphatic heterocycles. The number of hydrogen-bond donors (Lipinski definition) is 0. The second-order valence-electron chi connectivity index (χ2n) is 12.1. The molecule has 1 radical (unpaired) electrons. The van der Waals surface area contributed by atoms with Crippen LogP contribution in [-0.4, -0.2) is 9.97 Å². The van der Waals surface area contributed by atoms with Crippen molar-refractivity contribution >= 4 is 21.9 Å². The van der Waals surface area contributed by atoms with Crippen LogP contribution in [0.5, 0.6) is 0 Å². The van der Waals surface area contributed by atoms with Crippen LogP contribution >= 0.6 is 0 Å². The Labute approximate surface area is 299 Å². The minimum absolute atomic E-state index is 0. The van der Waals surface area contributed by atoms with Gasteiger partial charge in [0.15, 0.2) is 0 Å². The molecular weight excluding hydrogens is 784 g/mol. The molecule has 5 heteroatoms. The summed E-state index contributed by atoms with van der Waals surface area (Å²) in [7, 11) is 0. The monoisotopic (exact) mass is 817 g/mol. The van der Waals surface area contributed by atoms with Crippen LogP contribution in [-0.2, 0) is 26.5 Å². The van der Waals surface area contributed by atoms with Gasteiger partial charge in [-0.25, -0.2) is 4.39 Å². The van der Waals surface area contributed by atoms with Crippen LogP contribution in [0.25, 0.3) is 55.6 Å². The van der Waals surface area contributed by atoms with Gasteiger partial charge in [0.05, 0.1) is 5.58 Å². The summed E-state index contributed by atoms with van der Waals surface area (Å²) in [5.74, 6) is -0.229. The standard InChI is InChI=1S/C25H19FN.C19H14NO.Ir/c1-18-17-27-25(16-23(18)14-19-6-3-2-4-7-19)22-9-5-8-21(15-22)20-10-12-24(26)13-11-20;1-12-6-8-14-15-4-3-5-16(19(15)21-18(14)10-12)17-9-7-13(2)11-20-17;/h2-8,10-13,15-17H,14H2,1H3;3-4,6-11H,1-2H3;/q2*-1;. The number of aromatic nitrogens is 2. The van der Waals surface area contributed by atoms with Crippen molar-refractivity contribution < 1.29 is 28.9 Å². The zero-order valence-corrected chi connectivity index (χ0v) is 29.8. The fourth-order valence-electron chi connectivity index (χ4n) is 5.81. The van der Waals surface area contributed by atoms with Crippen molar-refractivity contribution in [2.75, 3.05) is 0 Å². The van der Waals surface area contributed by atoms with Crippen molar-refractivity contribution in [1.29, 1.82) is 0 Å². The molecule has 5 aromatic carbocycles. The molecule has 3 heterocycles. The second-order valence-corrected chi connectivity index (χ2v) is 12.1. The average molecular weight is 817 g/mol. The molecule has 0 unspecified atom stereocenters. The van der Waals surface area contributed by atoms with Crippen LogP contribution in [0.15, 0.2) is 138 Å². The molecule has 0 spiro atoms. The minimum atomic E-state index is -0.229. The summed E-state index contributed by atoms with van der Waals surface area (Å²) in [6, 6.07) is 45.9. The van der Waals surface area contributed by atoms with E-state index < -0.39 is 0 Å². The van der Waals surface area contributed by atoms with E-state index in [1.807, 2.05) is 55.7 Å². The Morgan fingerprint density at radius 3 is 2.18 bits per heavy atom. The largest absolute Gasteiger partial charge is 0.501 e. The van der Waals surface area contributed by atoms with E-state index in [-0.39, 0.29) is 25.9 Å². The molecule has 3 aromatic heterocycles. The number of fused-ring (bicyclic) bond motifs is 3. The van der Waals surface area contributed by atoms with E-state index in [0.717, 1.165) is 67.6 Å². The first kappa shape index (κ1) is 33.7. The third-order valence-electron chi connectivity index (χ3n) is 8.46. The molecule has 0 aliphatic rings. The number of benzene rings is 5. The molecule has 49 heavy (non-hydrogen) atoms. The van der Waals surface area contributed by atoms with Crippen LogP contribution in [0.2, 0.25) is 0 Å². The van der Waals surface area contributed by atoms with Gasteiger partial charge in [0.2, 0.25) is 0 Å². The molecule has 8 aromatic rings. The van der Waals surface area contributed by atoms with Crippen LogP contribution in [0.3, 0.4) is 0 Å². The predicted molar refractivity (Wildman–Crippen MR) is 193 cm³/mol. The number of aryl methyl sites for hydroxylation is 3. The summed E-state index contributed by atoms with van der Waals surface area (Å²) >= 11 is 0. The van der Waals surface area contributed by atoms with Gasteiger partial charge in [-0.05, 0) is 90.2 Å². The van der Waals surface area contributed by atoms with Gasteiger partial charge in [-0.15, -0.1) is 53.6 Å². The fourth-order valence-corrected chi connectivity index (χ4v) is 5.81. The number of pyridine rings is 2. The minimum Gasteiger partial charge on any atom is -0.501 e. The third-order valence-corrected chi connectivity index (χ3v) is 8.46. The summed E-state index contributed by atoms with van der Waals surface area (Å²) in [6.07, 6.45) is 4.67. The molecule has 0 saturated heterocycles. The van der Waals surface area contributed by atoms with Gasteiger partial charge in [-0.2, -0.15) is 0 Å². The molecule has 8 rings (SSSR count). The molecule has 0 bridgehead atoms. The van der Waals surface area contributed by atoms with Gasteiger partial charge in [0.25, 0.3) is 0 Å². The maximum atomic E-state index is 13.2. The van der Waals surface area contributed by atoms with E-state index in [2.05, 4.69) is 96.6 Å².